The number of rotatable bonds is 7. The maximum atomic E-state index is 13.2. The quantitative estimate of drug-likeness (QED) is 0.363. The molecule has 0 unspecified atom stereocenters. The van der Waals surface area contributed by atoms with Crippen molar-refractivity contribution in [3.8, 4) is 0 Å². The van der Waals surface area contributed by atoms with Gasteiger partial charge in [-0.3, -0.25) is 5.43 Å². The Morgan fingerprint density at radius 2 is 2.38 bits per heavy atom. The van der Waals surface area contributed by atoms with E-state index < -0.39 is 5.82 Å². The van der Waals surface area contributed by atoms with Crippen molar-refractivity contribution < 1.29 is 9.13 Å². The molecule has 0 spiro atoms. The summed E-state index contributed by atoms with van der Waals surface area (Å²) in [5.41, 5.74) is 2.25. The molecule has 1 aromatic rings. The van der Waals surface area contributed by atoms with Gasteiger partial charge >= 0.3 is 0 Å². The van der Waals surface area contributed by atoms with Crippen LogP contribution in [0.2, 0.25) is 0 Å². The van der Waals surface area contributed by atoms with Gasteiger partial charge < -0.3 is 10.1 Å². The van der Waals surface area contributed by atoms with E-state index >= 15 is 0 Å². The lowest BCUT2D eigenvalue weighted by Crippen LogP contribution is -2.14. The van der Waals surface area contributed by atoms with Crippen LogP contribution in [0.25, 0.3) is 0 Å². The van der Waals surface area contributed by atoms with Crippen molar-refractivity contribution in [2.75, 3.05) is 30.5 Å². The molecule has 16 heavy (non-hydrogen) atoms. The predicted octanol–water partition coefficient (Wildman–Crippen LogP) is 0.740. The lowest BCUT2D eigenvalue weighted by Gasteiger charge is -2.07. The van der Waals surface area contributed by atoms with Gasteiger partial charge in [0.25, 0.3) is 0 Å². The number of nitrogens with two attached hydrogens (primary N) is 1. The smallest absolute Gasteiger partial charge is 0.239 e. The molecule has 7 heteroatoms. The molecule has 0 aliphatic carbocycles. The first-order chi connectivity index (χ1) is 7.77. The average Bonchev–Trinajstić information content (AvgIpc) is 2.31. The summed E-state index contributed by atoms with van der Waals surface area (Å²) < 4.78 is 18.3. The molecule has 0 amide bonds. The van der Waals surface area contributed by atoms with Crippen molar-refractivity contribution in [2.45, 2.75) is 13.3 Å². The Bertz CT molecular complexity index is 323. The Kier molecular flexibility index (Phi) is 5.44. The summed E-state index contributed by atoms with van der Waals surface area (Å²) in [5, 5.41) is 2.84. The fraction of sp³-hybridized carbons (Fsp3) is 0.556. The monoisotopic (exact) mass is 229 g/mol. The summed E-state index contributed by atoms with van der Waals surface area (Å²) >= 11 is 0. The van der Waals surface area contributed by atoms with E-state index in [0.29, 0.717) is 19.8 Å². The van der Waals surface area contributed by atoms with E-state index in [9.17, 15) is 4.39 Å². The zero-order valence-corrected chi connectivity index (χ0v) is 9.16. The highest BCUT2D eigenvalue weighted by Crippen LogP contribution is 2.10. The SMILES string of the molecule is CCOCCCNc1nc(NN)ncc1F. The van der Waals surface area contributed by atoms with E-state index in [1.165, 1.54) is 0 Å². The van der Waals surface area contributed by atoms with E-state index in [-0.39, 0.29) is 11.8 Å². The van der Waals surface area contributed by atoms with Gasteiger partial charge in [-0.2, -0.15) is 4.98 Å². The zero-order chi connectivity index (χ0) is 11.8. The van der Waals surface area contributed by atoms with Crippen LogP contribution in [0.15, 0.2) is 6.20 Å². The summed E-state index contributed by atoms with van der Waals surface area (Å²) in [6.07, 6.45) is 1.84. The number of ether oxygens (including phenoxy) is 1. The van der Waals surface area contributed by atoms with Crippen LogP contribution in [0.1, 0.15) is 13.3 Å². The summed E-state index contributed by atoms with van der Waals surface area (Å²) in [7, 11) is 0. The predicted molar refractivity (Wildman–Crippen MR) is 59.4 cm³/mol. The van der Waals surface area contributed by atoms with E-state index in [4.69, 9.17) is 10.6 Å². The first-order valence-electron chi connectivity index (χ1n) is 5.08. The first kappa shape index (κ1) is 12.6. The van der Waals surface area contributed by atoms with Gasteiger partial charge in [0.1, 0.15) is 0 Å². The number of hydrogen-bond donors (Lipinski definition) is 3. The van der Waals surface area contributed by atoms with E-state index in [1.54, 1.807) is 0 Å². The molecule has 4 N–H and O–H groups in total. The standard InChI is InChI=1S/C9H16FN5O/c1-2-16-5-3-4-12-8-7(10)6-13-9(14-8)15-11/h6H,2-5,11H2,1H3,(H2,12,13,14,15). The third-order valence-electron chi connectivity index (χ3n) is 1.84. The van der Waals surface area contributed by atoms with Gasteiger partial charge in [-0.15, -0.1) is 0 Å². The van der Waals surface area contributed by atoms with Crippen molar-refractivity contribution in [1.82, 2.24) is 9.97 Å². The Morgan fingerprint density at radius 1 is 1.56 bits per heavy atom. The van der Waals surface area contributed by atoms with Gasteiger partial charge in [-0.1, -0.05) is 0 Å². The molecule has 6 nitrogen and oxygen atoms in total. The van der Waals surface area contributed by atoms with E-state index in [0.717, 1.165) is 12.6 Å². The zero-order valence-electron chi connectivity index (χ0n) is 9.16. The van der Waals surface area contributed by atoms with Crippen LogP contribution in [0.3, 0.4) is 0 Å². The minimum Gasteiger partial charge on any atom is -0.382 e. The molecule has 0 bridgehead atoms. The molecule has 0 radical (unpaired) electrons. The number of hydrazine groups is 1. The second kappa shape index (κ2) is 6.91. The van der Waals surface area contributed by atoms with Crippen molar-refractivity contribution >= 4 is 11.8 Å². The van der Waals surface area contributed by atoms with E-state index in [1.807, 2.05) is 6.92 Å². The van der Waals surface area contributed by atoms with Crippen LogP contribution >= 0.6 is 0 Å². The van der Waals surface area contributed by atoms with Crippen molar-refractivity contribution in [2.24, 2.45) is 5.84 Å². The van der Waals surface area contributed by atoms with Gasteiger partial charge in [0.2, 0.25) is 5.95 Å². The molecule has 1 aromatic heterocycles. The van der Waals surface area contributed by atoms with E-state index in [2.05, 4.69) is 20.7 Å². The molecule has 1 rings (SSSR count). The third-order valence-corrected chi connectivity index (χ3v) is 1.84. The average molecular weight is 229 g/mol. The fourth-order valence-electron chi connectivity index (χ4n) is 1.09. The Balaban J connectivity index is 2.40. The third kappa shape index (κ3) is 3.95. The number of halogens is 1. The number of hydrogen-bond acceptors (Lipinski definition) is 6. The van der Waals surface area contributed by atoms with Crippen LogP contribution in [-0.4, -0.2) is 29.7 Å². The van der Waals surface area contributed by atoms with Crippen LogP contribution in [0, 0.1) is 5.82 Å². The summed E-state index contributed by atoms with van der Waals surface area (Å²) in [4.78, 5) is 7.46. The Morgan fingerprint density at radius 3 is 3.06 bits per heavy atom. The van der Waals surface area contributed by atoms with Gasteiger partial charge in [0, 0.05) is 19.8 Å². The highest BCUT2D eigenvalue weighted by atomic mass is 19.1. The lowest BCUT2D eigenvalue weighted by atomic mass is 10.4. The normalized spacial score (nSPS) is 10.2. The van der Waals surface area contributed by atoms with Gasteiger partial charge in [-0.05, 0) is 13.3 Å². The van der Waals surface area contributed by atoms with Crippen molar-refractivity contribution in [3.05, 3.63) is 12.0 Å². The maximum absolute atomic E-state index is 13.2. The Hall–Kier alpha value is -1.47. The maximum Gasteiger partial charge on any atom is 0.239 e. The molecule has 0 atom stereocenters. The lowest BCUT2D eigenvalue weighted by molar-refractivity contribution is 0.147. The molecule has 0 aliphatic heterocycles. The summed E-state index contributed by atoms with van der Waals surface area (Å²) in [5.74, 6) is 4.93. The number of nitrogens with zero attached hydrogens (tertiary/aromatic N) is 2. The largest absolute Gasteiger partial charge is 0.382 e. The summed E-state index contributed by atoms with van der Waals surface area (Å²) in [6, 6.07) is 0. The molecule has 0 saturated heterocycles. The second-order valence-corrected chi connectivity index (χ2v) is 3.01. The minimum atomic E-state index is -0.504. The van der Waals surface area contributed by atoms with Crippen LogP contribution in [0.5, 0.6) is 0 Å². The van der Waals surface area contributed by atoms with Crippen LogP contribution in [-0.2, 0) is 4.74 Å². The van der Waals surface area contributed by atoms with Gasteiger partial charge in [0.05, 0.1) is 6.20 Å². The molecular weight excluding hydrogens is 213 g/mol. The topological polar surface area (TPSA) is 85.1 Å². The molecule has 0 saturated carbocycles. The molecular formula is C9H16FN5O. The number of nitrogen functional groups attached to an aromatic ring is 1. The van der Waals surface area contributed by atoms with Gasteiger partial charge in [0.15, 0.2) is 11.6 Å². The highest BCUT2D eigenvalue weighted by molar-refractivity contribution is 5.40. The van der Waals surface area contributed by atoms with Crippen molar-refractivity contribution in [1.29, 1.82) is 0 Å². The highest BCUT2D eigenvalue weighted by Gasteiger charge is 2.04. The molecule has 0 aromatic carbocycles. The Labute approximate surface area is 93.4 Å². The molecule has 0 aliphatic rings. The number of nitrogens with one attached hydrogen (secondary N) is 2. The van der Waals surface area contributed by atoms with Crippen LogP contribution < -0.4 is 16.6 Å². The summed E-state index contributed by atoms with van der Waals surface area (Å²) in [6.45, 7) is 3.83. The fourth-order valence-corrected chi connectivity index (χ4v) is 1.09. The molecule has 90 valence electrons. The van der Waals surface area contributed by atoms with Crippen LogP contribution in [0.4, 0.5) is 16.2 Å². The first-order valence-corrected chi connectivity index (χ1v) is 5.08. The molecule has 0 fully saturated rings. The second-order valence-electron chi connectivity index (χ2n) is 3.01. The number of aromatic nitrogens is 2. The number of anilines is 2. The minimum absolute atomic E-state index is 0.138. The molecule has 1 heterocycles. The van der Waals surface area contributed by atoms with Gasteiger partial charge in [-0.25, -0.2) is 15.2 Å². The van der Waals surface area contributed by atoms with Crippen molar-refractivity contribution in [3.63, 3.8) is 0 Å².